The van der Waals surface area contributed by atoms with Crippen LogP contribution in [0.15, 0.2) is 48.0 Å². The average Bonchev–Trinajstić information content (AvgIpc) is 3.17. The van der Waals surface area contributed by atoms with Crippen molar-refractivity contribution in [2.75, 3.05) is 0 Å². The second-order valence-electron chi connectivity index (χ2n) is 4.28. The van der Waals surface area contributed by atoms with Gasteiger partial charge in [0.2, 0.25) is 5.82 Å². The Balaban J connectivity index is 1.98. The molecule has 20 heavy (non-hydrogen) atoms. The molecule has 0 spiro atoms. The number of allylic oxidation sites excluding steroid dienone is 1. The van der Waals surface area contributed by atoms with Gasteiger partial charge in [-0.2, -0.15) is 5.10 Å². The van der Waals surface area contributed by atoms with Crippen molar-refractivity contribution in [3.63, 3.8) is 0 Å². The molecule has 0 unspecified atom stereocenters. The Bertz CT molecular complexity index is 902. The molecule has 0 atom stereocenters. The van der Waals surface area contributed by atoms with Crippen LogP contribution in [0.3, 0.4) is 0 Å². The number of rotatable bonds is 3. The van der Waals surface area contributed by atoms with Gasteiger partial charge in [-0.15, -0.1) is 11.7 Å². The van der Waals surface area contributed by atoms with Gasteiger partial charge in [-0.25, -0.2) is 19.2 Å². The largest absolute Gasteiger partial charge is 0.461 e. The van der Waals surface area contributed by atoms with Crippen molar-refractivity contribution in [2.45, 2.75) is 6.54 Å². The summed E-state index contributed by atoms with van der Waals surface area (Å²) in [7, 11) is 0. The minimum atomic E-state index is 0.528. The molecule has 0 aromatic carbocycles. The van der Waals surface area contributed by atoms with Crippen molar-refractivity contribution in [1.82, 2.24) is 29.4 Å². The Hall–Kier alpha value is -2.96. The summed E-state index contributed by atoms with van der Waals surface area (Å²) in [5.74, 6) is 1.15. The summed E-state index contributed by atoms with van der Waals surface area (Å²) in [6.07, 6.45) is 6.73. The zero-order valence-electron chi connectivity index (χ0n) is 10.5. The van der Waals surface area contributed by atoms with E-state index in [4.69, 9.17) is 4.42 Å². The molecule has 0 N–H and O–H groups in total. The lowest BCUT2D eigenvalue weighted by Crippen LogP contribution is -1.99. The molecule has 0 saturated heterocycles. The number of furan rings is 1. The van der Waals surface area contributed by atoms with Crippen molar-refractivity contribution in [1.29, 1.82) is 0 Å². The van der Waals surface area contributed by atoms with E-state index >= 15 is 0 Å². The van der Waals surface area contributed by atoms with Gasteiger partial charge in [0.25, 0.3) is 0 Å². The molecule has 0 bridgehead atoms. The van der Waals surface area contributed by atoms with Crippen LogP contribution in [0, 0.1) is 0 Å². The van der Waals surface area contributed by atoms with E-state index in [9.17, 15) is 0 Å². The lowest BCUT2D eigenvalue weighted by Gasteiger charge is -1.97. The molecule has 0 saturated carbocycles. The maximum absolute atomic E-state index is 5.31. The maximum atomic E-state index is 5.31. The fraction of sp³-hybridized carbons (Fsp3) is 0.0769. The monoisotopic (exact) mass is 266 g/mol. The highest BCUT2D eigenvalue weighted by molar-refractivity contribution is 5.88. The summed E-state index contributed by atoms with van der Waals surface area (Å²) in [6, 6.07) is 3.62. The van der Waals surface area contributed by atoms with E-state index in [1.807, 2.05) is 6.07 Å². The molecule has 4 rings (SSSR count). The quantitative estimate of drug-likeness (QED) is 0.530. The molecule has 0 aliphatic carbocycles. The predicted molar refractivity (Wildman–Crippen MR) is 72.0 cm³/mol. The zero-order chi connectivity index (χ0) is 13.5. The Morgan fingerprint density at radius 3 is 3.10 bits per heavy atom. The molecule has 98 valence electrons. The number of aromatic nitrogens is 6. The zero-order valence-corrected chi connectivity index (χ0v) is 10.5. The molecule has 7 nitrogen and oxygen atoms in total. The van der Waals surface area contributed by atoms with Gasteiger partial charge in [0.15, 0.2) is 17.1 Å². The second-order valence-corrected chi connectivity index (χ2v) is 4.28. The van der Waals surface area contributed by atoms with E-state index in [1.54, 1.807) is 40.1 Å². The molecule has 0 fully saturated rings. The number of fused-ring (bicyclic) bond motifs is 3. The fourth-order valence-corrected chi connectivity index (χ4v) is 2.14. The van der Waals surface area contributed by atoms with E-state index in [-0.39, 0.29) is 0 Å². The minimum Gasteiger partial charge on any atom is -0.461 e. The first kappa shape index (κ1) is 10.9. The van der Waals surface area contributed by atoms with E-state index < -0.39 is 0 Å². The van der Waals surface area contributed by atoms with Crippen LogP contribution in [0.2, 0.25) is 0 Å². The van der Waals surface area contributed by atoms with Crippen molar-refractivity contribution < 1.29 is 4.42 Å². The first-order chi connectivity index (χ1) is 9.86. The summed E-state index contributed by atoms with van der Waals surface area (Å²) >= 11 is 0. The molecule has 7 heteroatoms. The highest BCUT2D eigenvalue weighted by Crippen LogP contribution is 2.20. The summed E-state index contributed by atoms with van der Waals surface area (Å²) in [4.78, 5) is 8.86. The van der Waals surface area contributed by atoms with E-state index in [1.165, 1.54) is 0 Å². The van der Waals surface area contributed by atoms with Gasteiger partial charge in [0.05, 0.1) is 24.4 Å². The number of hydrogen-bond acceptors (Lipinski definition) is 5. The van der Waals surface area contributed by atoms with Gasteiger partial charge in [-0.1, -0.05) is 6.08 Å². The summed E-state index contributed by atoms with van der Waals surface area (Å²) < 4.78 is 8.70. The van der Waals surface area contributed by atoms with Crippen LogP contribution >= 0.6 is 0 Å². The Kier molecular flexibility index (Phi) is 2.19. The molecule has 0 radical (unpaired) electrons. The van der Waals surface area contributed by atoms with Gasteiger partial charge >= 0.3 is 0 Å². The standard InChI is InChI=1S/C13H10N6O/c1-2-5-18-12-9(7-15-18)13-16-11(10-4-3-6-20-10)17-19(13)8-14-12/h2-4,6-8H,1,5H2. The van der Waals surface area contributed by atoms with Gasteiger partial charge in [0, 0.05) is 0 Å². The van der Waals surface area contributed by atoms with Crippen molar-refractivity contribution in [3.8, 4) is 11.6 Å². The topological polar surface area (TPSA) is 74.0 Å². The smallest absolute Gasteiger partial charge is 0.217 e. The summed E-state index contributed by atoms with van der Waals surface area (Å²) in [5, 5.41) is 9.49. The lowest BCUT2D eigenvalue weighted by molar-refractivity contribution is 0.577. The second kappa shape index (κ2) is 4.02. The lowest BCUT2D eigenvalue weighted by atomic mass is 10.4. The van der Waals surface area contributed by atoms with Gasteiger partial charge in [0.1, 0.15) is 6.33 Å². The van der Waals surface area contributed by atoms with E-state index in [2.05, 4.69) is 26.7 Å². The van der Waals surface area contributed by atoms with Gasteiger partial charge < -0.3 is 4.42 Å². The van der Waals surface area contributed by atoms with Crippen molar-refractivity contribution in [3.05, 3.63) is 43.6 Å². The van der Waals surface area contributed by atoms with Crippen LogP contribution in [-0.2, 0) is 6.54 Å². The van der Waals surface area contributed by atoms with Crippen molar-refractivity contribution in [2.24, 2.45) is 0 Å². The van der Waals surface area contributed by atoms with Crippen LogP contribution in [0.4, 0.5) is 0 Å². The third kappa shape index (κ3) is 1.46. The highest BCUT2D eigenvalue weighted by Gasteiger charge is 2.14. The molecule has 0 aliphatic rings. The van der Waals surface area contributed by atoms with Crippen LogP contribution in [-0.4, -0.2) is 29.4 Å². The normalized spacial score (nSPS) is 11.4. The molecule has 0 aliphatic heterocycles. The molecule has 0 amide bonds. The van der Waals surface area contributed by atoms with Gasteiger partial charge in [-0.05, 0) is 12.1 Å². The van der Waals surface area contributed by atoms with E-state index in [0.29, 0.717) is 23.8 Å². The number of hydrogen-bond donors (Lipinski definition) is 0. The van der Waals surface area contributed by atoms with Gasteiger partial charge in [-0.3, -0.25) is 0 Å². The first-order valence-electron chi connectivity index (χ1n) is 6.08. The van der Waals surface area contributed by atoms with Crippen molar-refractivity contribution >= 4 is 16.7 Å². The van der Waals surface area contributed by atoms with Crippen LogP contribution in [0.1, 0.15) is 0 Å². The fourth-order valence-electron chi connectivity index (χ4n) is 2.14. The molecule has 4 heterocycles. The van der Waals surface area contributed by atoms with Crippen LogP contribution < -0.4 is 0 Å². The highest BCUT2D eigenvalue weighted by atomic mass is 16.3. The number of nitrogens with zero attached hydrogens (tertiary/aromatic N) is 6. The molecular weight excluding hydrogens is 256 g/mol. The molecule has 4 aromatic rings. The Morgan fingerprint density at radius 1 is 1.35 bits per heavy atom. The maximum Gasteiger partial charge on any atom is 0.217 e. The molecular formula is C13H10N6O. The van der Waals surface area contributed by atoms with Crippen LogP contribution in [0.5, 0.6) is 0 Å². The van der Waals surface area contributed by atoms with Crippen LogP contribution in [0.25, 0.3) is 28.3 Å². The molecule has 4 aromatic heterocycles. The summed E-state index contributed by atoms with van der Waals surface area (Å²) in [5.41, 5.74) is 1.47. The predicted octanol–water partition coefficient (Wildman–Crippen LogP) is 1.92. The third-order valence-corrected chi connectivity index (χ3v) is 3.02. The summed E-state index contributed by atoms with van der Waals surface area (Å²) in [6.45, 7) is 4.31. The Morgan fingerprint density at radius 2 is 2.30 bits per heavy atom. The van der Waals surface area contributed by atoms with E-state index in [0.717, 1.165) is 11.0 Å². The first-order valence-corrected chi connectivity index (χ1v) is 6.08. The average molecular weight is 266 g/mol. The third-order valence-electron chi connectivity index (χ3n) is 3.02. The Labute approximate surface area is 113 Å². The minimum absolute atomic E-state index is 0.528. The SMILES string of the molecule is C=CCn1ncc2c1ncn1nc(-c3ccco3)nc21.